The van der Waals surface area contributed by atoms with Crippen LogP contribution in [-0.4, -0.2) is 49.9 Å². The van der Waals surface area contributed by atoms with Gasteiger partial charge in [-0.05, 0) is 13.8 Å². The predicted molar refractivity (Wildman–Crippen MR) is 73.5 cm³/mol. The van der Waals surface area contributed by atoms with Gasteiger partial charge >= 0.3 is 0 Å². The number of carbonyl (C=O) groups excluding carboxylic acids is 1. The van der Waals surface area contributed by atoms with E-state index in [-0.39, 0.29) is 5.82 Å². The molecule has 0 spiro atoms. The highest BCUT2D eigenvalue weighted by atomic mass is 16.8. The topological polar surface area (TPSA) is 114 Å². The first-order valence-corrected chi connectivity index (χ1v) is 6.89. The van der Waals surface area contributed by atoms with Gasteiger partial charge in [0, 0.05) is 0 Å². The molecule has 0 bridgehead atoms. The maximum Gasteiger partial charge on any atom is 0.167 e. The summed E-state index contributed by atoms with van der Waals surface area (Å²) in [4.78, 5) is 23.6. The lowest BCUT2D eigenvalue weighted by Gasteiger charge is -2.23. The average molecular weight is 305 g/mol. The summed E-state index contributed by atoms with van der Waals surface area (Å²) in [5.74, 6) is -0.489. The molecule has 2 saturated heterocycles. The third-order valence-corrected chi connectivity index (χ3v) is 3.86. The van der Waals surface area contributed by atoms with Crippen LogP contribution in [0.15, 0.2) is 12.7 Å². The number of aromatic nitrogens is 4. The molecule has 2 aliphatic heterocycles. The molecule has 2 aliphatic rings. The fraction of sp³-hybridized carbons (Fsp3) is 0.538. The van der Waals surface area contributed by atoms with E-state index in [9.17, 15) is 4.79 Å². The smallest absolute Gasteiger partial charge is 0.167 e. The van der Waals surface area contributed by atoms with Crippen LogP contribution in [0.25, 0.3) is 11.2 Å². The van der Waals surface area contributed by atoms with E-state index in [1.807, 2.05) is 0 Å². The van der Waals surface area contributed by atoms with Crippen LogP contribution in [-0.2, 0) is 19.0 Å². The average Bonchev–Trinajstić information content (AvgIpc) is 3.10. The number of ether oxygens (including phenoxy) is 3. The largest absolute Gasteiger partial charge is 0.382 e. The van der Waals surface area contributed by atoms with Gasteiger partial charge < -0.3 is 24.7 Å². The molecule has 9 nitrogen and oxygen atoms in total. The number of carbonyl (C=O) groups is 1. The molecular weight excluding hydrogens is 290 g/mol. The molecular formula is C13H15N5O4. The van der Waals surface area contributed by atoms with Crippen molar-refractivity contribution < 1.29 is 19.0 Å². The first-order chi connectivity index (χ1) is 10.5. The molecule has 0 saturated carbocycles. The Kier molecular flexibility index (Phi) is 2.74. The Labute approximate surface area is 125 Å². The van der Waals surface area contributed by atoms with Crippen LogP contribution >= 0.6 is 0 Å². The van der Waals surface area contributed by atoms with E-state index in [0.717, 1.165) is 6.29 Å². The highest BCUT2D eigenvalue weighted by Gasteiger charge is 2.56. The number of hydrogen-bond donors (Lipinski definition) is 1. The summed E-state index contributed by atoms with van der Waals surface area (Å²) >= 11 is 0. The minimum absolute atomic E-state index is 0.286. The van der Waals surface area contributed by atoms with E-state index >= 15 is 0 Å². The number of anilines is 1. The molecule has 22 heavy (non-hydrogen) atoms. The Bertz CT molecular complexity index is 745. The van der Waals surface area contributed by atoms with Crippen molar-refractivity contribution in [1.82, 2.24) is 19.5 Å². The Balaban J connectivity index is 1.78. The van der Waals surface area contributed by atoms with Crippen LogP contribution < -0.4 is 5.73 Å². The molecule has 0 amide bonds. The standard InChI is InChI=1S/C13H15N5O4/c1-13(2)21-8-6(3-19)20-12(9(8)22-13)18-5-17-7-10(14)15-4-16-11(7)18/h3-6,8-9,12H,1-2H3,(H2,14,15,16)/t6-,8-,9-,12-/m1/s1. The molecule has 2 N–H and O–H groups in total. The van der Waals surface area contributed by atoms with Crippen molar-refractivity contribution in [3.05, 3.63) is 12.7 Å². The van der Waals surface area contributed by atoms with Gasteiger partial charge in [-0.1, -0.05) is 0 Å². The molecule has 0 radical (unpaired) electrons. The van der Waals surface area contributed by atoms with Crippen molar-refractivity contribution in [3.63, 3.8) is 0 Å². The summed E-state index contributed by atoms with van der Waals surface area (Å²) in [7, 11) is 0. The fourth-order valence-corrected chi connectivity index (χ4v) is 3.00. The van der Waals surface area contributed by atoms with Gasteiger partial charge in [0.25, 0.3) is 0 Å². The monoisotopic (exact) mass is 305 g/mol. The Morgan fingerprint density at radius 1 is 1.27 bits per heavy atom. The maximum atomic E-state index is 11.3. The van der Waals surface area contributed by atoms with Crippen molar-refractivity contribution in [3.8, 4) is 0 Å². The number of fused-ring (bicyclic) bond motifs is 2. The third kappa shape index (κ3) is 1.83. The van der Waals surface area contributed by atoms with Gasteiger partial charge in [-0.15, -0.1) is 0 Å². The maximum absolute atomic E-state index is 11.3. The van der Waals surface area contributed by atoms with Crippen molar-refractivity contribution in [1.29, 1.82) is 0 Å². The molecule has 2 aromatic heterocycles. The molecule has 9 heteroatoms. The van der Waals surface area contributed by atoms with E-state index in [1.54, 1.807) is 24.7 Å². The minimum atomic E-state index is -0.775. The SMILES string of the molecule is CC1(C)O[C@@H]2[C@H](O1)[C@@H](C=O)O[C@H]2n1cnc2c(N)ncnc21. The van der Waals surface area contributed by atoms with Gasteiger partial charge in [-0.25, -0.2) is 15.0 Å². The van der Waals surface area contributed by atoms with Crippen LogP contribution in [0.2, 0.25) is 0 Å². The van der Waals surface area contributed by atoms with Crippen molar-refractivity contribution >= 4 is 23.3 Å². The molecule has 0 unspecified atom stereocenters. The quantitative estimate of drug-likeness (QED) is 0.773. The second-order valence-electron chi connectivity index (χ2n) is 5.78. The van der Waals surface area contributed by atoms with Crippen molar-refractivity contribution in [2.24, 2.45) is 0 Å². The van der Waals surface area contributed by atoms with Crippen molar-refractivity contribution in [2.45, 2.75) is 44.2 Å². The van der Waals surface area contributed by atoms with Gasteiger partial charge in [-0.3, -0.25) is 4.57 Å². The van der Waals surface area contributed by atoms with Gasteiger partial charge in [0.2, 0.25) is 0 Å². The molecule has 0 aliphatic carbocycles. The number of aldehydes is 1. The van der Waals surface area contributed by atoms with Gasteiger partial charge in [0.05, 0.1) is 6.33 Å². The summed E-state index contributed by atoms with van der Waals surface area (Å²) in [5, 5.41) is 0. The van der Waals surface area contributed by atoms with Crippen LogP contribution in [0.4, 0.5) is 5.82 Å². The van der Waals surface area contributed by atoms with E-state index in [0.29, 0.717) is 11.2 Å². The molecule has 4 rings (SSSR count). The number of imidazole rings is 1. The molecule has 2 fully saturated rings. The Hall–Kier alpha value is -2.10. The Morgan fingerprint density at radius 2 is 2.05 bits per heavy atom. The lowest BCUT2D eigenvalue weighted by Crippen LogP contribution is -2.30. The van der Waals surface area contributed by atoms with Crippen LogP contribution in [0.1, 0.15) is 20.1 Å². The number of nitrogens with zero attached hydrogens (tertiary/aromatic N) is 4. The fourth-order valence-electron chi connectivity index (χ4n) is 3.00. The zero-order chi connectivity index (χ0) is 15.5. The molecule has 2 aromatic rings. The van der Waals surface area contributed by atoms with E-state index in [2.05, 4.69) is 15.0 Å². The predicted octanol–water partition coefficient (Wildman–Crippen LogP) is 0.0249. The van der Waals surface area contributed by atoms with Gasteiger partial charge in [-0.2, -0.15) is 0 Å². The lowest BCUT2D eigenvalue weighted by molar-refractivity contribution is -0.194. The summed E-state index contributed by atoms with van der Waals surface area (Å²) in [6.45, 7) is 3.60. The first-order valence-electron chi connectivity index (χ1n) is 6.89. The summed E-state index contributed by atoms with van der Waals surface area (Å²) in [6, 6.07) is 0. The van der Waals surface area contributed by atoms with Gasteiger partial charge in [0.15, 0.2) is 29.8 Å². The second-order valence-corrected chi connectivity index (χ2v) is 5.78. The van der Waals surface area contributed by atoms with Gasteiger partial charge in [0.1, 0.15) is 30.2 Å². The third-order valence-electron chi connectivity index (χ3n) is 3.86. The van der Waals surface area contributed by atoms with Crippen LogP contribution in [0.3, 0.4) is 0 Å². The number of rotatable bonds is 2. The number of nitrogen functional groups attached to an aromatic ring is 1. The second kappa shape index (κ2) is 4.45. The van der Waals surface area contributed by atoms with Crippen molar-refractivity contribution in [2.75, 3.05) is 5.73 Å². The highest BCUT2D eigenvalue weighted by molar-refractivity contribution is 5.81. The normalized spacial score (nSPS) is 33.2. The molecule has 4 atom stereocenters. The summed E-state index contributed by atoms with van der Waals surface area (Å²) < 4.78 is 19.1. The Morgan fingerprint density at radius 3 is 2.82 bits per heavy atom. The van der Waals surface area contributed by atoms with Crippen LogP contribution in [0, 0.1) is 0 Å². The van der Waals surface area contributed by atoms with Crippen LogP contribution in [0.5, 0.6) is 0 Å². The first kappa shape index (κ1) is 13.6. The van der Waals surface area contributed by atoms with E-state index in [1.165, 1.54) is 6.33 Å². The minimum Gasteiger partial charge on any atom is -0.382 e. The van der Waals surface area contributed by atoms with E-state index < -0.39 is 30.3 Å². The molecule has 0 aromatic carbocycles. The highest BCUT2D eigenvalue weighted by Crippen LogP contribution is 2.43. The van der Waals surface area contributed by atoms with E-state index in [4.69, 9.17) is 19.9 Å². The number of hydrogen-bond acceptors (Lipinski definition) is 8. The summed E-state index contributed by atoms with van der Waals surface area (Å²) in [6.07, 6.45) is 1.47. The lowest BCUT2D eigenvalue weighted by atomic mass is 10.1. The molecule has 116 valence electrons. The molecule has 4 heterocycles. The zero-order valence-electron chi connectivity index (χ0n) is 12.0. The zero-order valence-corrected chi connectivity index (χ0v) is 12.0. The number of nitrogens with two attached hydrogens (primary N) is 1. The summed E-state index contributed by atoms with van der Waals surface area (Å²) in [5.41, 5.74) is 6.80.